The highest BCUT2D eigenvalue weighted by atomic mass is 16.8. The SMILES string of the molecule is CC(=O)N[C@@H]1[C@H](O[C@H]([C@@H](O)[C@@H](C=O)NC(C)=O)[C@H](O)CO)O[C@H](CO)[C@@H](O[C@H]2O[C@@H](CO[C@@H]3O[C@H](CO)[C@@H](O)[C@@H](O)[C@@H]3O)[C@H](O)[C@@H](O[C@@H]3O[C@H](CO)[C@@H](O)[C@H](O)[C@@H]3O)[C@@H]2O)[C@@H]1O. The van der Waals surface area contributed by atoms with E-state index < -0.39 is 192 Å². The Morgan fingerprint density at radius 1 is 0.597 bits per heavy atom. The lowest BCUT2D eigenvalue weighted by molar-refractivity contribution is -0.382. The summed E-state index contributed by atoms with van der Waals surface area (Å²) in [6.07, 6.45) is -42.2. The monoisotopic (exact) mass is 910 g/mol. The second-order valence-electron chi connectivity index (χ2n) is 15.1. The van der Waals surface area contributed by atoms with Crippen LogP contribution >= 0.6 is 0 Å². The molecule has 4 aliphatic rings. The summed E-state index contributed by atoms with van der Waals surface area (Å²) >= 11 is 0. The van der Waals surface area contributed by atoms with Crippen LogP contribution in [0.2, 0.25) is 0 Å². The van der Waals surface area contributed by atoms with Crippen LogP contribution in [0.15, 0.2) is 0 Å². The highest BCUT2D eigenvalue weighted by molar-refractivity contribution is 5.77. The van der Waals surface area contributed by atoms with E-state index in [9.17, 15) is 91.0 Å². The molecule has 0 spiro atoms. The van der Waals surface area contributed by atoms with E-state index in [4.69, 9.17) is 37.9 Å². The molecule has 28 nitrogen and oxygen atoms in total. The predicted octanol–water partition coefficient (Wildman–Crippen LogP) is -11.8. The van der Waals surface area contributed by atoms with Crippen molar-refractivity contribution in [1.82, 2.24) is 10.6 Å². The maximum atomic E-state index is 12.4. The summed E-state index contributed by atoms with van der Waals surface area (Å²) in [7, 11) is 0. The number of hydrogen-bond donors (Lipinski definition) is 17. The van der Waals surface area contributed by atoms with Crippen molar-refractivity contribution < 1.29 is 129 Å². The number of aliphatic hydroxyl groups excluding tert-OH is 15. The van der Waals surface area contributed by atoms with Crippen LogP contribution in [0.5, 0.6) is 0 Å². The van der Waals surface area contributed by atoms with E-state index in [2.05, 4.69) is 10.6 Å². The van der Waals surface area contributed by atoms with Crippen molar-refractivity contribution in [3.05, 3.63) is 0 Å². The Bertz CT molecular complexity index is 1420. The van der Waals surface area contributed by atoms with Crippen LogP contribution in [-0.2, 0) is 52.3 Å². The second kappa shape index (κ2) is 23.2. The first kappa shape index (κ1) is 52.3. The number of aliphatic hydroxyl groups is 15. The second-order valence-corrected chi connectivity index (χ2v) is 15.1. The molecule has 0 bridgehead atoms. The zero-order chi connectivity index (χ0) is 46.3. The fourth-order valence-corrected chi connectivity index (χ4v) is 7.23. The van der Waals surface area contributed by atoms with Crippen LogP contribution in [0.1, 0.15) is 13.8 Å². The van der Waals surface area contributed by atoms with Crippen molar-refractivity contribution in [1.29, 1.82) is 0 Å². The van der Waals surface area contributed by atoms with Gasteiger partial charge in [0.2, 0.25) is 11.8 Å². The minimum atomic E-state index is -2.21. The number of ether oxygens (including phenoxy) is 8. The van der Waals surface area contributed by atoms with E-state index in [0.717, 1.165) is 13.8 Å². The molecule has 28 heteroatoms. The van der Waals surface area contributed by atoms with Crippen molar-refractivity contribution in [3.8, 4) is 0 Å². The van der Waals surface area contributed by atoms with Crippen LogP contribution in [0, 0.1) is 0 Å². The molecule has 0 aromatic carbocycles. The molecule has 0 aliphatic carbocycles. The lowest BCUT2D eigenvalue weighted by Gasteiger charge is -2.49. The van der Waals surface area contributed by atoms with Gasteiger partial charge in [0.1, 0.15) is 128 Å². The molecule has 0 aromatic rings. The van der Waals surface area contributed by atoms with Gasteiger partial charge in [0.25, 0.3) is 0 Å². The minimum absolute atomic E-state index is 0.0952. The lowest BCUT2D eigenvalue weighted by atomic mass is 9.94. The van der Waals surface area contributed by atoms with E-state index in [0.29, 0.717) is 0 Å². The number of hydrogen-bond acceptors (Lipinski definition) is 26. The summed E-state index contributed by atoms with van der Waals surface area (Å²) in [5.41, 5.74) is 0. The summed E-state index contributed by atoms with van der Waals surface area (Å²) in [6.45, 7) is -2.77. The molecule has 0 aromatic heterocycles. The first-order chi connectivity index (χ1) is 29.2. The summed E-state index contributed by atoms with van der Waals surface area (Å²) in [5.74, 6) is -1.64. The fraction of sp³-hybridized carbons (Fsp3) is 0.912. The van der Waals surface area contributed by atoms with Crippen molar-refractivity contribution in [3.63, 3.8) is 0 Å². The third kappa shape index (κ3) is 11.9. The minimum Gasteiger partial charge on any atom is -0.394 e. The number of carbonyl (C=O) groups is 3. The molecule has 0 radical (unpaired) electrons. The average Bonchev–Trinajstić information content (AvgIpc) is 3.24. The van der Waals surface area contributed by atoms with Gasteiger partial charge in [-0.25, -0.2) is 0 Å². The third-order valence-corrected chi connectivity index (χ3v) is 10.6. The van der Waals surface area contributed by atoms with E-state index >= 15 is 0 Å². The Morgan fingerprint density at radius 3 is 1.61 bits per heavy atom. The highest BCUT2D eigenvalue weighted by Gasteiger charge is 2.55. The molecule has 4 fully saturated rings. The van der Waals surface area contributed by atoms with Crippen LogP contribution in [-0.4, -0.2) is 275 Å². The lowest BCUT2D eigenvalue weighted by Crippen LogP contribution is -2.69. The Hall–Kier alpha value is -2.31. The molecule has 4 aliphatic heterocycles. The van der Waals surface area contributed by atoms with Crippen molar-refractivity contribution in [2.45, 2.75) is 161 Å². The molecule has 4 heterocycles. The molecule has 2 amide bonds. The van der Waals surface area contributed by atoms with Gasteiger partial charge in [-0.1, -0.05) is 0 Å². The number of rotatable bonds is 19. The van der Waals surface area contributed by atoms with Gasteiger partial charge in [0.05, 0.1) is 33.0 Å². The molecule has 4 rings (SSSR count). The summed E-state index contributed by atoms with van der Waals surface area (Å²) in [6, 6.07) is -3.51. The molecule has 4 saturated heterocycles. The third-order valence-electron chi connectivity index (χ3n) is 10.6. The van der Waals surface area contributed by atoms with Gasteiger partial charge in [0.15, 0.2) is 25.2 Å². The molecule has 0 saturated carbocycles. The van der Waals surface area contributed by atoms with Gasteiger partial charge >= 0.3 is 0 Å². The standard InChI is InChI=1S/C34H58N2O26/c1-9(42)35-11(3-37)18(45)28(12(44)4-38)60-31-17(36-10(2)43)22(49)29(15(7-41)58-31)61-34-27(54)30(62-33-26(53)24(51)20(47)14(6-40)57-33)21(48)16(59-34)8-55-32-25(52)23(50)19(46)13(5-39)56-32/h3,11-34,38-41,44-54H,4-8H2,1-2H3,(H,35,42)(H,36,43)/t11-,12-,13-,14-,15-,16+,17+,18+,19-,20-,21+,22-,23-,24+,25+,26+,27+,28+,29-,30-,31+,32-,33+,34-/m1/s1. The quantitative estimate of drug-likeness (QED) is 0.0535. The zero-order valence-corrected chi connectivity index (χ0v) is 33.2. The molecule has 17 N–H and O–H groups in total. The Kier molecular flexibility index (Phi) is 19.6. The van der Waals surface area contributed by atoms with Gasteiger partial charge in [-0.15, -0.1) is 0 Å². The topological polar surface area (TPSA) is 453 Å². The summed E-state index contributed by atoms with van der Waals surface area (Å²) < 4.78 is 45.0. The average molecular weight is 911 g/mol. The predicted molar refractivity (Wildman–Crippen MR) is 191 cm³/mol. The Labute approximate surface area is 351 Å². The normalized spacial score (nSPS) is 43.5. The van der Waals surface area contributed by atoms with E-state index in [1.54, 1.807) is 0 Å². The van der Waals surface area contributed by atoms with Gasteiger partial charge in [-0.3, -0.25) is 9.59 Å². The van der Waals surface area contributed by atoms with Gasteiger partial charge in [-0.2, -0.15) is 0 Å². The molecule has 0 unspecified atom stereocenters. The molecular weight excluding hydrogens is 852 g/mol. The Morgan fingerprint density at radius 2 is 1.10 bits per heavy atom. The number of nitrogens with one attached hydrogen (secondary N) is 2. The van der Waals surface area contributed by atoms with Crippen molar-refractivity contribution >= 4 is 18.1 Å². The largest absolute Gasteiger partial charge is 0.394 e. The number of carbonyl (C=O) groups excluding carboxylic acids is 3. The molecule has 24 atom stereocenters. The van der Waals surface area contributed by atoms with Crippen molar-refractivity contribution in [2.75, 3.05) is 33.0 Å². The summed E-state index contributed by atoms with van der Waals surface area (Å²) in [5, 5.41) is 162. The first-order valence-corrected chi connectivity index (χ1v) is 19.4. The highest BCUT2D eigenvalue weighted by Crippen LogP contribution is 2.34. The Balaban J connectivity index is 1.65. The van der Waals surface area contributed by atoms with Crippen molar-refractivity contribution in [2.24, 2.45) is 0 Å². The smallest absolute Gasteiger partial charge is 0.217 e. The van der Waals surface area contributed by atoms with Crippen LogP contribution in [0.25, 0.3) is 0 Å². The maximum absolute atomic E-state index is 12.4. The van der Waals surface area contributed by atoms with Gasteiger partial charge in [0, 0.05) is 13.8 Å². The zero-order valence-electron chi connectivity index (χ0n) is 33.2. The van der Waals surface area contributed by atoms with Gasteiger partial charge in [-0.05, 0) is 0 Å². The van der Waals surface area contributed by atoms with E-state index in [-0.39, 0.29) is 6.29 Å². The number of amides is 2. The van der Waals surface area contributed by atoms with Crippen LogP contribution in [0.4, 0.5) is 0 Å². The van der Waals surface area contributed by atoms with E-state index in [1.807, 2.05) is 0 Å². The first-order valence-electron chi connectivity index (χ1n) is 19.4. The molecule has 62 heavy (non-hydrogen) atoms. The number of aldehydes is 1. The maximum Gasteiger partial charge on any atom is 0.217 e. The summed E-state index contributed by atoms with van der Waals surface area (Å²) in [4.78, 5) is 35.8. The van der Waals surface area contributed by atoms with Crippen LogP contribution in [0.3, 0.4) is 0 Å². The molecular formula is C34H58N2O26. The van der Waals surface area contributed by atoms with Crippen LogP contribution < -0.4 is 10.6 Å². The van der Waals surface area contributed by atoms with Gasteiger partial charge < -0.3 is 130 Å². The van der Waals surface area contributed by atoms with E-state index in [1.165, 1.54) is 0 Å². The fourth-order valence-electron chi connectivity index (χ4n) is 7.23. The molecule has 360 valence electrons.